The van der Waals surface area contributed by atoms with Gasteiger partial charge in [-0.25, -0.2) is 4.39 Å². The Hall–Kier alpha value is -3.49. The number of aryl methyl sites for hydroxylation is 2. The standard InChI is InChI=1S/C19H20FN5O3/c1-10-7-11(2)23-18(27)14(10)9-22-19(28)15-8-16(17(21)26)25(24-15)13-5-3-12(20)4-6-13/h3-7,16H,8-9H2,1-2H3,(H2,21,26)(H,22,28)(H,23,27)/t16-/m1/s1. The molecule has 9 heteroatoms. The average Bonchev–Trinajstić information content (AvgIpc) is 3.07. The number of pyridine rings is 1. The minimum absolute atomic E-state index is 0.0157. The molecule has 1 aliphatic heterocycles. The summed E-state index contributed by atoms with van der Waals surface area (Å²) in [5.74, 6) is -1.59. The van der Waals surface area contributed by atoms with Crippen LogP contribution in [0.4, 0.5) is 10.1 Å². The van der Waals surface area contributed by atoms with E-state index in [1.54, 1.807) is 13.8 Å². The summed E-state index contributed by atoms with van der Waals surface area (Å²) in [6.45, 7) is 3.59. The molecule has 0 aliphatic carbocycles. The number of anilines is 1. The van der Waals surface area contributed by atoms with Crippen LogP contribution in [0, 0.1) is 19.7 Å². The van der Waals surface area contributed by atoms with Crippen molar-refractivity contribution in [3.63, 3.8) is 0 Å². The number of H-pyrrole nitrogens is 1. The number of hydrogen-bond donors (Lipinski definition) is 3. The van der Waals surface area contributed by atoms with Crippen molar-refractivity contribution >= 4 is 23.2 Å². The molecule has 1 aromatic heterocycles. The molecule has 8 nitrogen and oxygen atoms in total. The summed E-state index contributed by atoms with van der Waals surface area (Å²) in [5.41, 5.74) is 7.65. The molecule has 146 valence electrons. The third-order valence-corrected chi connectivity index (χ3v) is 4.51. The van der Waals surface area contributed by atoms with Gasteiger partial charge in [-0.05, 0) is 49.7 Å². The molecule has 1 atom stereocenters. The van der Waals surface area contributed by atoms with Crippen LogP contribution in [0.25, 0.3) is 0 Å². The summed E-state index contributed by atoms with van der Waals surface area (Å²) in [7, 11) is 0. The van der Waals surface area contributed by atoms with E-state index in [1.165, 1.54) is 29.3 Å². The van der Waals surface area contributed by atoms with Gasteiger partial charge in [-0.15, -0.1) is 0 Å². The quantitative estimate of drug-likeness (QED) is 0.707. The molecule has 2 amide bonds. The molecule has 0 saturated carbocycles. The summed E-state index contributed by atoms with van der Waals surface area (Å²) in [6.07, 6.45) is 0.0157. The van der Waals surface area contributed by atoms with Gasteiger partial charge in [0.15, 0.2) is 0 Å². The minimum Gasteiger partial charge on any atom is -0.368 e. The number of aromatic nitrogens is 1. The average molecular weight is 385 g/mol. The molecule has 0 saturated heterocycles. The first-order valence-corrected chi connectivity index (χ1v) is 8.65. The normalized spacial score (nSPS) is 16.0. The lowest BCUT2D eigenvalue weighted by atomic mass is 10.1. The maximum absolute atomic E-state index is 13.1. The SMILES string of the molecule is Cc1cc(C)c(CNC(=O)C2=NN(c3ccc(F)cc3)[C@@H](C(N)=O)C2)c(=O)[nH]1. The van der Waals surface area contributed by atoms with Gasteiger partial charge < -0.3 is 16.0 Å². The van der Waals surface area contributed by atoms with E-state index in [1.807, 2.05) is 6.07 Å². The highest BCUT2D eigenvalue weighted by Crippen LogP contribution is 2.25. The Labute approximate surface area is 160 Å². The van der Waals surface area contributed by atoms with Crippen molar-refractivity contribution in [3.05, 3.63) is 63.3 Å². The van der Waals surface area contributed by atoms with Crippen LogP contribution in [-0.4, -0.2) is 28.6 Å². The van der Waals surface area contributed by atoms with Gasteiger partial charge >= 0.3 is 0 Å². The zero-order valence-electron chi connectivity index (χ0n) is 15.5. The molecule has 0 bridgehead atoms. The van der Waals surface area contributed by atoms with Crippen LogP contribution < -0.4 is 21.6 Å². The second kappa shape index (κ2) is 7.63. The summed E-state index contributed by atoms with van der Waals surface area (Å²) in [6, 6.07) is 6.32. The van der Waals surface area contributed by atoms with Crippen LogP contribution in [0.2, 0.25) is 0 Å². The molecule has 0 unspecified atom stereocenters. The first kappa shape index (κ1) is 19.3. The van der Waals surface area contributed by atoms with E-state index in [-0.39, 0.29) is 24.2 Å². The van der Waals surface area contributed by atoms with Crippen molar-refractivity contribution in [3.8, 4) is 0 Å². The van der Waals surface area contributed by atoms with Crippen molar-refractivity contribution in [2.24, 2.45) is 10.8 Å². The number of nitrogens with two attached hydrogens (primary N) is 1. The molecule has 0 fully saturated rings. The summed E-state index contributed by atoms with van der Waals surface area (Å²) in [4.78, 5) is 39.0. The number of benzene rings is 1. The number of carbonyl (C=O) groups excluding carboxylic acids is 2. The van der Waals surface area contributed by atoms with Gasteiger partial charge in [-0.3, -0.25) is 19.4 Å². The monoisotopic (exact) mass is 385 g/mol. The third-order valence-electron chi connectivity index (χ3n) is 4.51. The maximum atomic E-state index is 13.1. The number of primary amides is 1. The zero-order valence-corrected chi connectivity index (χ0v) is 15.5. The Morgan fingerprint density at radius 3 is 2.61 bits per heavy atom. The lowest BCUT2D eigenvalue weighted by Crippen LogP contribution is -2.40. The molecule has 0 spiro atoms. The van der Waals surface area contributed by atoms with Crippen molar-refractivity contribution in [2.75, 3.05) is 5.01 Å². The fraction of sp³-hybridized carbons (Fsp3) is 0.263. The highest BCUT2D eigenvalue weighted by molar-refractivity contribution is 6.40. The van der Waals surface area contributed by atoms with E-state index in [2.05, 4.69) is 15.4 Å². The molecular weight excluding hydrogens is 365 g/mol. The first-order chi connectivity index (χ1) is 13.3. The Kier molecular flexibility index (Phi) is 5.25. The van der Waals surface area contributed by atoms with Crippen LogP contribution in [0.15, 0.2) is 40.2 Å². The molecule has 2 aromatic rings. The predicted octanol–water partition coefficient (Wildman–Crippen LogP) is 0.867. The fourth-order valence-electron chi connectivity index (χ4n) is 3.07. The number of amides is 2. The van der Waals surface area contributed by atoms with Crippen molar-refractivity contribution in [2.45, 2.75) is 32.9 Å². The Bertz CT molecular complexity index is 1010. The molecule has 1 aliphatic rings. The summed E-state index contributed by atoms with van der Waals surface area (Å²) >= 11 is 0. The summed E-state index contributed by atoms with van der Waals surface area (Å²) in [5, 5.41) is 8.15. The number of nitrogens with zero attached hydrogens (tertiary/aromatic N) is 2. The molecule has 2 heterocycles. The van der Waals surface area contributed by atoms with E-state index in [4.69, 9.17) is 5.73 Å². The van der Waals surface area contributed by atoms with Crippen molar-refractivity contribution in [1.82, 2.24) is 10.3 Å². The second-order valence-electron chi connectivity index (χ2n) is 6.62. The van der Waals surface area contributed by atoms with Gasteiger partial charge in [0, 0.05) is 24.2 Å². The van der Waals surface area contributed by atoms with E-state index < -0.39 is 23.7 Å². The number of carbonyl (C=O) groups is 2. The van der Waals surface area contributed by atoms with Crippen LogP contribution in [0.5, 0.6) is 0 Å². The molecule has 28 heavy (non-hydrogen) atoms. The smallest absolute Gasteiger partial charge is 0.267 e. The van der Waals surface area contributed by atoms with Gasteiger partial charge in [0.25, 0.3) is 11.5 Å². The third kappa shape index (κ3) is 3.93. The molecule has 1 aromatic carbocycles. The largest absolute Gasteiger partial charge is 0.368 e. The van der Waals surface area contributed by atoms with Crippen LogP contribution >= 0.6 is 0 Å². The summed E-state index contributed by atoms with van der Waals surface area (Å²) < 4.78 is 13.1. The Morgan fingerprint density at radius 1 is 1.32 bits per heavy atom. The van der Waals surface area contributed by atoms with Gasteiger partial charge in [0.2, 0.25) is 5.91 Å². The lowest BCUT2D eigenvalue weighted by molar-refractivity contribution is -0.119. The Morgan fingerprint density at radius 2 is 2.00 bits per heavy atom. The van der Waals surface area contributed by atoms with Gasteiger partial charge in [0.05, 0.1) is 5.69 Å². The minimum atomic E-state index is -0.851. The van der Waals surface area contributed by atoms with E-state index in [0.717, 1.165) is 11.3 Å². The van der Waals surface area contributed by atoms with Gasteiger partial charge in [0.1, 0.15) is 17.6 Å². The number of aromatic amines is 1. The van der Waals surface area contributed by atoms with Gasteiger partial charge in [-0.1, -0.05) is 0 Å². The van der Waals surface area contributed by atoms with Crippen molar-refractivity contribution in [1.29, 1.82) is 0 Å². The second-order valence-corrected chi connectivity index (χ2v) is 6.62. The van der Waals surface area contributed by atoms with E-state index in [0.29, 0.717) is 11.3 Å². The van der Waals surface area contributed by atoms with Crippen LogP contribution in [0.3, 0.4) is 0 Å². The highest BCUT2D eigenvalue weighted by Gasteiger charge is 2.35. The fourth-order valence-corrected chi connectivity index (χ4v) is 3.07. The van der Waals surface area contributed by atoms with Gasteiger partial charge in [-0.2, -0.15) is 5.10 Å². The van der Waals surface area contributed by atoms with Crippen molar-refractivity contribution < 1.29 is 14.0 Å². The topological polar surface area (TPSA) is 121 Å². The highest BCUT2D eigenvalue weighted by atomic mass is 19.1. The predicted molar refractivity (Wildman–Crippen MR) is 102 cm³/mol. The molecule has 4 N–H and O–H groups in total. The number of nitrogens with one attached hydrogen (secondary N) is 2. The first-order valence-electron chi connectivity index (χ1n) is 8.65. The zero-order chi connectivity index (χ0) is 20.4. The number of hydrazone groups is 1. The lowest BCUT2D eigenvalue weighted by Gasteiger charge is -2.20. The number of halogens is 1. The molecule has 3 rings (SSSR count). The molecule has 0 radical (unpaired) electrons. The number of hydrogen-bond acceptors (Lipinski definition) is 5. The van der Waals surface area contributed by atoms with Crippen LogP contribution in [0.1, 0.15) is 23.2 Å². The molecular formula is C19H20FN5O3. The maximum Gasteiger partial charge on any atom is 0.267 e. The van der Waals surface area contributed by atoms with E-state index >= 15 is 0 Å². The van der Waals surface area contributed by atoms with Crippen LogP contribution in [-0.2, 0) is 16.1 Å². The Balaban J connectivity index is 1.78. The number of rotatable bonds is 5. The van der Waals surface area contributed by atoms with E-state index in [9.17, 15) is 18.8 Å².